The molecular weight excluding hydrogens is 138 g/mol. The van der Waals surface area contributed by atoms with E-state index in [9.17, 15) is 0 Å². The van der Waals surface area contributed by atoms with Gasteiger partial charge in [-0.1, -0.05) is 6.92 Å². The van der Waals surface area contributed by atoms with Crippen molar-refractivity contribution in [3.8, 4) is 0 Å². The average molecular weight is 155 g/mol. The molecule has 0 amide bonds. The van der Waals surface area contributed by atoms with Crippen LogP contribution in [0.15, 0.2) is 11.6 Å². The molecule has 0 aromatic rings. The topological polar surface area (TPSA) is 33.1 Å². The molecule has 0 aromatic carbocycles. The SMILES string of the molecule is CCCOC/C(C)=C/C(C)=N. The number of hydrogen-bond donors (Lipinski definition) is 1. The molecule has 64 valence electrons. The van der Waals surface area contributed by atoms with E-state index in [1.165, 1.54) is 0 Å². The third-order valence-electron chi connectivity index (χ3n) is 1.14. The highest BCUT2D eigenvalue weighted by Crippen LogP contribution is 1.94. The first-order chi connectivity index (χ1) is 5.16. The monoisotopic (exact) mass is 155 g/mol. The molecule has 0 spiro atoms. The van der Waals surface area contributed by atoms with Crippen molar-refractivity contribution in [2.45, 2.75) is 27.2 Å². The van der Waals surface area contributed by atoms with Crippen molar-refractivity contribution in [3.05, 3.63) is 11.6 Å². The van der Waals surface area contributed by atoms with Crippen LogP contribution in [0, 0.1) is 5.41 Å². The highest BCUT2D eigenvalue weighted by atomic mass is 16.5. The van der Waals surface area contributed by atoms with E-state index >= 15 is 0 Å². The van der Waals surface area contributed by atoms with E-state index in [2.05, 4.69) is 6.92 Å². The van der Waals surface area contributed by atoms with E-state index in [-0.39, 0.29) is 0 Å². The first-order valence-electron chi connectivity index (χ1n) is 3.97. The maximum atomic E-state index is 7.17. The lowest BCUT2D eigenvalue weighted by atomic mass is 10.2. The quantitative estimate of drug-likeness (QED) is 0.480. The molecule has 11 heavy (non-hydrogen) atoms. The van der Waals surface area contributed by atoms with Crippen LogP contribution in [0.1, 0.15) is 27.2 Å². The van der Waals surface area contributed by atoms with Crippen LogP contribution in [-0.4, -0.2) is 18.9 Å². The highest BCUT2D eigenvalue weighted by Gasteiger charge is 1.89. The molecular formula is C9H17NO. The molecule has 0 aliphatic heterocycles. The van der Waals surface area contributed by atoms with Crippen molar-refractivity contribution < 1.29 is 4.74 Å². The summed E-state index contributed by atoms with van der Waals surface area (Å²) in [6, 6.07) is 0. The van der Waals surface area contributed by atoms with E-state index in [0.717, 1.165) is 18.6 Å². The van der Waals surface area contributed by atoms with Gasteiger partial charge >= 0.3 is 0 Å². The fourth-order valence-corrected chi connectivity index (χ4v) is 0.789. The second-order valence-electron chi connectivity index (χ2n) is 2.73. The van der Waals surface area contributed by atoms with E-state index in [4.69, 9.17) is 10.1 Å². The maximum Gasteiger partial charge on any atom is 0.0677 e. The summed E-state index contributed by atoms with van der Waals surface area (Å²) in [6.07, 6.45) is 2.88. The zero-order valence-electron chi connectivity index (χ0n) is 7.61. The van der Waals surface area contributed by atoms with E-state index in [0.29, 0.717) is 12.3 Å². The molecule has 0 aromatic heterocycles. The van der Waals surface area contributed by atoms with Gasteiger partial charge < -0.3 is 10.1 Å². The first-order valence-corrected chi connectivity index (χ1v) is 3.97. The molecule has 0 radical (unpaired) electrons. The summed E-state index contributed by atoms with van der Waals surface area (Å²) < 4.78 is 5.28. The highest BCUT2D eigenvalue weighted by molar-refractivity contribution is 5.90. The van der Waals surface area contributed by atoms with Crippen LogP contribution in [0.3, 0.4) is 0 Å². The molecule has 0 saturated carbocycles. The van der Waals surface area contributed by atoms with Crippen molar-refractivity contribution in [3.63, 3.8) is 0 Å². The molecule has 0 saturated heterocycles. The Kier molecular flexibility index (Phi) is 5.75. The summed E-state index contributed by atoms with van der Waals surface area (Å²) in [5.41, 5.74) is 1.70. The van der Waals surface area contributed by atoms with Crippen LogP contribution in [0.2, 0.25) is 0 Å². The van der Waals surface area contributed by atoms with Gasteiger partial charge in [0.2, 0.25) is 0 Å². The van der Waals surface area contributed by atoms with Crippen molar-refractivity contribution in [1.82, 2.24) is 0 Å². The summed E-state index contributed by atoms with van der Waals surface area (Å²) in [7, 11) is 0. The molecule has 0 fully saturated rings. The van der Waals surface area contributed by atoms with Gasteiger partial charge in [-0.25, -0.2) is 0 Å². The van der Waals surface area contributed by atoms with Gasteiger partial charge in [0, 0.05) is 12.3 Å². The minimum Gasteiger partial charge on any atom is -0.377 e. The lowest BCUT2D eigenvalue weighted by Gasteiger charge is -2.01. The molecule has 0 aliphatic carbocycles. The molecule has 0 bridgehead atoms. The fourth-order valence-electron chi connectivity index (χ4n) is 0.789. The summed E-state index contributed by atoms with van der Waals surface area (Å²) in [4.78, 5) is 0. The third-order valence-corrected chi connectivity index (χ3v) is 1.14. The molecule has 0 unspecified atom stereocenters. The molecule has 0 atom stereocenters. The molecule has 0 aliphatic rings. The number of allylic oxidation sites excluding steroid dienone is 1. The van der Waals surface area contributed by atoms with Gasteiger partial charge in [0.25, 0.3) is 0 Å². The molecule has 2 nitrogen and oxygen atoms in total. The van der Waals surface area contributed by atoms with E-state index in [1.807, 2.05) is 13.0 Å². The van der Waals surface area contributed by atoms with Crippen LogP contribution in [0.5, 0.6) is 0 Å². The van der Waals surface area contributed by atoms with Gasteiger partial charge in [-0.2, -0.15) is 0 Å². The van der Waals surface area contributed by atoms with Crippen molar-refractivity contribution in [2.75, 3.05) is 13.2 Å². The Morgan fingerprint density at radius 3 is 2.55 bits per heavy atom. The maximum absolute atomic E-state index is 7.17. The van der Waals surface area contributed by atoms with Crippen molar-refractivity contribution in [2.24, 2.45) is 0 Å². The summed E-state index contributed by atoms with van der Waals surface area (Å²) >= 11 is 0. The average Bonchev–Trinajstić information content (AvgIpc) is 1.86. The van der Waals surface area contributed by atoms with Crippen LogP contribution < -0.4 is 0 Å². The van der Waals surface area contributed by atoms with Crippen molar-refractivity contribution >= 4 is 5.71 Å². The van der Waals surface area contributed by atoms with Crippen LogP contribution in [0.4, 0.5) is 0 Å². The Hall–Kier alpha value is -0.630. The van der Waals surface area contributed by atoms with Gasteiger partial charge in [0.05, 0.1) is 6.61 Å². The van der Waals surface area contributed by atoms with E-state index in [1.54, 1.807) is 6.92 Å². The molecule has 0 rings (SSSR count). The number of hydrogen-bond acceptors (Lipinski definition) is 2. The fraction of sp³-hybridized carbons (Fsp3) is 0.667. The third kappa shape index (κ3) is 7.26. The Labute approximate surface area is 68.8 Å². The van der Waals surface area contributed by atoms with Gasteiger partial charge in [-0.3, -0.25) is 0 Å². The van der Waals surface area contributed by atoms with Crippen LogP contribution >= 0.6 is 0 Å². The second kappa shape index (κ2) is 6.10. The van der Waals surface area contributed by atoms with Gasteiger partial charge in [-0.05, 0) is 31.9 Å². The molecule has 2 heteroatoms. The predicted molar refractivity (Wildman–Crippen MR) is 48.3 cm³/mol. The molecule has 1 N–H and O–H groups in total. The van der Waals surface area contributed by atoms with Gasteiger partial charge in [0.1, 0.15) is 0 Å². The smallest absolute Gasteiger partial charge is 0.0677 e. The summed E-state index contributed by atoms with van der Waals surface area (Å²) in [6.45, 7) is 7.30. The summed E-state index contributed by atoms with van der Waals surface area (Å²) in [5.74, 6) is 0. The largest absolute Gasteiger partial charge is 0.377 e. The number of rotatable bonds is 5. The zero-order chi connectivity index (χ0) is 8.69. The summed E-state index contributed by atoms with van der Waals surface area (Å²) in [5, 5.41) is 7.17. The predicted octanol–water partition coefficient (Wildman–Crippen LogP) is 2.40. The first kappa shape index (κ1) is 10.4. The lowest BCUT2D eigenvalue weighted by Crippen LogP contribution is -1.98. The Morgan fingerprint density at radius 2 is 2.09 bits per heavy atom. The normalized spacial score (nSPS) is 11.7. The molecule has 0 heterocycles. The minimum atomic E-state index is 0.586. The van der Waals surface area contributed by atoms with Gasteiger partial charge in [0.15, 0.2) is 0 Å². The van der Waals surface area contributed by atoms with Crippen LogP contribution in [-0.2, 0) is 4.74 Å². The number of ether oxygens (including phenoxy) is 1. The number of nitrogens with one attached hydrogen (secondary N) is 1. The zero-order valence-corrected chi connectivity index (χ0v) is 7.61. The minimum absolute atomic E-state index is 0.586. The van der Waals surface area contributed by atoms with E-state index < -0.39 is 0 Å². The standard InChI is InChI=1S/C9H17NO/c1-4-5-11-7-8(2)6-9(3)10/h6,10H,4-5,7H2,1-3H3/b8-6+,10-9?. The lowest BCUT2D eigenvalue weighted by molar-refractivity contribution is 0.157. The Balaban J connectivity index is 3.51. The Bertz CT molecular complexity index is 150. The van der Waals surface area contributed by atoms with Crippen LogP contribution in [0.25, 0.3) is 0 Å². The van der Waals surface area contributed by atoms with Crippen molar-refractivity contribution in [1.29, 1.82) is 5.41 Å². The van der Waals surface area contributed by atoms with Gasteiger partial charge in [-0.15, -0.1) is 0 Å². The second-order valence-corrected chi connectivity index (χ2v) is 2.73. The Morgan fingerprint density at radius 1 is 1.45 bits per heavy atom.